The number of esters is 1. The third-order valence-electron chi connectivity index (χ3n) is 4.33. The summed E-state index contributed by atoms with van der Waals surface area (Å²) >= 11 is 0. The molecule has 0 aliphatic heterocycles. The van der Waals surface area contributed by atoms with Gasteiger partial charge in [0.1, 0.15) is 6.54 Å². The lowest BCUT2D eigenvalue weighted by Gasteiger charge is -2.26. The van der Waals surface area contributed by atoms with Gasteiger partial charge in [0.15, 0.2) is 0 Å². The highest BCUT2D eigenvalue weighted by Crippen LogP contribution is 2.28. The first-order valence-corrected chi connectivity index (χ1v) is 8.62. The molecule has 2 heterocycles. The van der Waals surface area contributed by atoms with Crippen LogP contribution in [0.15, 0.2) is 40.9 Å². The minimum absolute atomic E-state index is 0.137. The fourth-order valence-electron chi connectivity index (χ4n) is 2.87. The van der Waals surface area contributed by atoms with E-state index in [4.69, 9.17) is 9.26 Å². The highest BCUT2D eigenvalue weighted by atomic mass is 16.5. The smallest absolute Gasteiger partial charge is 0.325 e. The van der Waals surface area contributed by atoms with Gasteiger partial charge >= 0.3 is 5.97 Å². The first kappa shape index (κ1) is 18.6. The van der Waals surface area contributed by atoms with Crippen LogP contribution in [-0.4, -0.2) is 46.6 Å². The molecule has 3 rings (SSSR count). The number of pyridine rings is 1. The van der Waals surface area contributed by atoms with Gasteiger partial charge in [-0.05, 0) is 26.8 Å². The van der Waals surface area contributed by atoms with Gasteiger partial charge in [-0.3, -0.25) is 9.59 Å². The Morgan fingerprint density at radius 1 is 1.22 bits per heavy atom. The average molecular weight is 367 g/mol. The predicted molar refractivity (Wildman–Crippen MR) is 100 cm³/mol. The number of hydrogen-bond acceptors (Lipinski definition) is 6. The molecule has 0 saturated heterocycles. The Morgan fingerprint density at radius 2 is 1.93 bits per heavy atom. The largest absolute Gasteiger partial charge is 0.468 e. The molecular weight excluding hydrogens is 346 g/mol. The summed E-state index contributed by atoms with van der Waals surface area (Å²) in [6.45, 7) is 5.31. The van der Waals surface area contributed by atoms with Crippen LogP contribution in [0.2, 0.25) is 0 Å². The number of ether oxygens (including phenoxy) is 1. The van der Waals surface area contributed by atoms with E-state index >= 15 is 0 Å². The lowest BCUT2D eigenvalue weighted by molar-refractivity contribution is -0.141. The van der Waals surface area contributed by atoms with Gasteiger partial charge in [0.2, 0.25) is 0 Å². The summed E-state index contributed by atoms with van der Waals surface area (Å²) in [6, 6.07) is 11.0. The summed E-state index contributed by atoms with van der Waals surface area (Å²) in [5, 5.41) is 4.51. The highest BCUT2D eigenvalue weighted by molar-refractivity contribution is 6.07. The maximum absolute atomic E-state index is 13.3. The molecule has 27 heavy (non-hydrogen) atoms. The molecule has 0 radical (unpaired) electrons. The van der Waals surface area contributed by atoms with Gasteiger partial charge in [-0.1, -0.05) is 35.5 Å². The minimum Gasteiger partial charge on any atom is -0.468 e. The third-order valence-corrected chi connectivity index (χ3v) is 4.33. The highest BCUT2D eigenvalue weighted by Gasteiger charge is 2.26. The summed E-state index contributed by atoms with van der Waals surface area (Å²) in [7, 11) is 1.30. The van der Waals surface area contributed by atoms with E-state index in [9.17, 15) is 9.59 Å². The van der Waals surface area contributed by atoms with Gasteiger partial charge in [0.05, 0.1) is 29.4 Å². The monoisotopic (exact) mass is 367 g/mol. The van der Waals surface area contributed by atoms with E-state index in [2.05, 4.69) is 10.1 Å². The van der Waals surface area contributed by atoms with Crippen molar-refractivity contribution in [2.75, 3.05) is 13.7 Å². The molecule has 0 unspecified atom stereocenters. The molecule has 2 aromatic heterocycles. The van der Waals surface area contributed by atoms with E-state index in [1.165, 1.54) is 12.0 Å². The van der Waals surface area contributed by atoms with Crippen LogP contribution in [0.25, 0.3) is 22.4 Å². The number of benzene rings is 1. The zero-order chi connectivity index (χ0) is 19.6. The zero-order valence-corrected chi connectivity index (χ0v) is 15.7. The molecule has 0 bridgehead atoms. The first-order chi connectivity index (χ1) is 12.9. The van der Waals surface area contributed by atoms with Crippen molar-refractivity contribution >= 4 is 23.0 Å². The Labute approximate surface area is 156 Å². The first-order valence-electron chi connectivity index (χ1n) is 8.62. The van der Waals surface area contributed by atoms with E-state index in [-0.39, 0.29) is 18.5 Å². The van der Waals surface area contributed by atoms with Crippen LogP contribution < -0.4 is 0 Å². The Balaban J connectivity index is 2.15. The second-order valence-corrected chi connectivity index (χ2v) is 6.47. The average Bonchev–Trinajstić information content (AvgIpc) is 3.06. The van der Waals surface area contributed by atoms with E-state index in [1.54, 1.807) is 13.0 Å². The molecule has 0 aliphatic carbocycles. The molecule has 7 heteroatoms. The summed E-state index contributed by atoms with van der Waals surface area (Å²) < 4.78 is 10.1. The van der Waals surface area contributed by atoms with Crippen LogP contribution in [0, 0.1) is 6.92 Å². The second kappa shape index (κ2) is 7.57. The van der Waals surface area contributed by atoms with Gasteiger partial charge in [-0.15, -0.1) is 0 Å². The van der Waals surface area contributed by atoms with Crippen molar-refractivity contribution in [3.8, 4) is 11.3 Å². The van der Waals surface area contributed by atoms with Gasteiger partial charge in [0, 0.05) is 11.6 Å². The Morgan fingerprint density at radius 3 is 2.56 bits per heavy atom. The molecule has 140 valence electrons. The Kier molecular flexibility index (Phi) is 5.21. The molecule has 0 N–H and O–H groups in total. The summed E-state index contributed by atoms with van der Waals surface area (Å²) in [4.78, 5) is 31.0. The number of methoxy groups -OCH3 is 1. The van der Waals surface area contributed by atoms with Gasteiger partial charge in [0.25, 0.3) is 11.6 Å². The summed E-state index contributed by atoms with van der Waals surface area (Å²) in [5.74, 6) is -0.779. The number of carbonyl (C=O) groups is 2. The molecule has 0 spiro atoms. The van der Waals surface area contributed by atoms with Gasteiger partial charge < -0.3 is 14.2 Å². The fraction of sp³-hybridized carbons (Fsp3) is 0.300. The topological polar surface area (TPSA) is 85.5 Å². The molecule has 3 aromatic rings. The van der Waals surface area contributed by atoms with Crippen LogP contribution in [0.4, 0.5) is 0 Å². The van der Waals surface area contributed by atoms with Crippen molar-refractivity contribution in [1.29, 1.82) is 0 Å². The predicted octanol–water partition coefficient (Wildman–Crippen LogP) is 3.22. The standard InChI is InChI=1S/C20H21N3O4/c1-12(2)23(11-17(24)26-4)20(25)15-10-16(14-8-6-5-7-9-14)21-19-18(15)13(3)22-27-19/h5-10,12H,11H2,1-4H3. The second-order valence-electron chi connectivity index (χ2n) is 6.47. The lowest BCUT2D eigenvalue weighted by Crippen LogP contribution is -2.41. The molecule has 0 saturated carbocycles. The number of amides is 1. The number of rotatable bonds is 5. The maximum atomic E-state index is 13.3. The Bertz CT molecular complexity index is 980. The van der Waals surface area contributed by atoms with Crippen molar-refractivity contribution in [3.05, 3.63) is 47.7 Å². The van der Waals surface area contributed by atoms with Crippen LogP contribution in [0.1, 0.15) is 29.9 Å². The fourth-order valence-corrected chi connectivity index (χ4v) is 2.87. The SMILES string of the molecule is COC(=O)CN(C(=O)c1cc(-c2ccccc2)nc2onc(C)c12)C(C)C. The van der Waals surface area contributed by atoms with E-state index < -0.39 is 5.97 Å². The number of hydrogen-bond donors (Lipinski definition) is 0. The maximum Gasteiger partial charge on any atom is 0.325 e. The molecular formula is C20H21N3O4. The van der Waals surface area contributed by atoms with Crippen LogP contribution in [0.3, 0.4) is 0 Å². The van der Waals surface area contributed by atoms with Crippen molar-refractivity contribution in [1.82, 2.24) is 15.0 Å². The molecule has 1 aromatic carbocycles. The van der Waals surface area contributed by atoms with Crippen molar-refractivity contribution in [2.45, 2.75) is 26.8 Å². The summed E-state index contributed by atoms with van der Waals surface area (Å²) in [5.41, 5.74) is 2.72. The molecule has 0 atom stereocenters. The molecule has 1 amide bonds. The normalized spacial score (nSPS) is 11.0. The lowest BCUT2D eigenvalue weighted by atomic mass is 10.0. The minimum atomic E-state index is -0.479. The van der Waals surface area contributed by atoms with E-state index in [0.717, 1.165) is 5.56 Å². The van der Waals surface area contributed by atoms with Crippen LogP contribution in [0.5, 0.6) is 0 Å². The van der Waals surface area contributed by atoms with E-state index in [1.807, 2.05) is 44.2 Å². The summed E-state index contributed by atoms with van der Waals surface area (Å²) in [6.07, 6.45) is 0. The molecule has 7 nitrogen and oxygen atoms in total. The quantitative estimate of drug-likeness (QED) is 0.644. The van der Waals surface area contributed by atoms with E-state index in [0.29, 0.717) is 28.1 Å². The van der Waals surface area contributed by atoms with Crippen molar-refractivity contribution in [3.63, 3.8) is 0 Å². The van der Waals surface area contributed by atoms with Crippen LogP contribution in [-0.2, 0) is 9.53 Å². The molecule has 0 fully saturated rings. The van der Waals surface area contributed by atoms with Gasteiger partial charge in [-0.2, -0.15) is 0 Å². The number of aryl methyl sites for hydroxylation is 1. The van der Waals surface area contributed by atoms with Gasteiger partial charge in [-0.25, -0.2) is 4.98 Å². The number of fused-ring (bicyclic) bond motifs is 1. The number of aromatic nitrogens is 2. The number of nitrogens with zero attached hydrogens (tertiary/aromatic N) is 3. The van der Waals surface area contributed by atoms with Crippen molar-refractivity contribution in [2.24, 2.45) is 0 Å². The molecule has 0 aliphatic rings. The zero-order valence-electron chi connectivity index (χ0n) is 15.7. The third kappa shape index (κ3) is 3.67. The van der Waals surface area contributed by atoms with Crippen molar-refractivity contribution < 1.29 is 18.8 Å². The number of carbonyl (C=O) groups excluding carboxylic acids is 2. The van der Waals surface area contributed by atoms with Crippen LogP contribution >= 0.6 is 0 Å². The Hall–Kier alpha value is -3.22.